The summed E-state index contributed by atoms with van der Waals surface area (Å²) in [6.07, 6.45) is 0. The van der Waals surface area contributed by atoms with Crippen LogP contribution in [-0.4, -0.2) is 12.5 Å². The van der Waals surface area contributed by atoms with Crippen molar-refractivity contribution in [1.29, 1.82) is 0 Å². The molecule has 0 heterocycles. The molecule has 21 heavy (non-hydrogen) atoms. The molecule has 0 aliphatic rings. The topological polar surface area (TPSA) is 38.3 Å². The third-order valence-electron chi connectivity index (χ3n) is 2.91. The lowest BCUT2D eigenvalue weighted by Gasteiger charge is -2.10. The van der Waals surface area contributed by atoms with Gasteiger partial charge in [0.05, 0.1) is 0 Å². The molecule has 0 saturated heterocycles. The van der Waals surface area contributed by atoms with E-state index in [1.54, 1.807) is 0 Å². The molecule has 110 valence electrons. The highest BCUT2D eigenvalue weighted by atomic mass is 127. The average molecular weight is 416 g/mol. The first-order valence-corrected chi connectivity index (χ1v) is 7.86. The maximum atomic E-state index is 11.8. The van der Waals surface area contributed by atoms with Gasteiger partial charge in [0.15, 0.2) is 6.61 Å². The highest BCUT2D eigenvalue weighted by Crippen LogP contribution is 2.25. The van der Waals surface area contributed by atoms with Crippen LogP contribution in [0.15, 0.2) is 36.4 Å². The Kier molecular flexibility index (Phi) is 5.47. The number of carbonyl (C=O) groups is 1. The summed E-state index contributed by atoms with van der Waals surface area (Å²) in [4.78, 5) is 11.8. The smallest absolute Gasteiger partial charge is 0.262 e. The van der Waals surface area contributed by atoms with Crippen LogP contribution in [0.3, 0.4) is 0 Å². The number of hydrogen-bond acceptors (Lipinski definition) is 2. The van der Waals surface area contributed by atoms with E-state index < -0.39 is 0 Å². The maximum absolute atomic E-state index is 11.8. The fraction of sp³-hybridized carbons (Fsp3) is 0.188. The van der Waals surface area contributed by atoms with E-state index in [1.165, 1.54) is 0 Å². The van der Waals surface area contributed by atoms with Crippen LogP contribution >= 0.6 is 34.2 Å². The minimum absolute atomic E-state index is 0.0352. The molecule has 0 saturated carbocycles. The molecule has 2 aromatic carbocycles. The van der Waals surface area contributed by atoms with Gasteiger partial charge in [0, 0.05) is 14.3 Å². The molecule has 0 aliphatic carbocycles. The molecule has 0 bridgehead atoms. The second-order valence-electron chi connectivity index (χ2n) is 4.71. The first kappa shape index (κ1) is 16.1. The molecule has 3 nitrogen and oxygen atoms in total. The van der Waals surface area contributed by atoms with Gasteiger partial charge in [0.1, 0.15) is 5.75 Å². The number of anilines is 1. The summed E-state index contributed by atoms with van der Waals surface area (Å²) in [5, 5.41) is 3.51. The van der Waals surface area contributed by atoms with Gasteiger partial charge in [-0.25, -0.2) is 0 Å². The van der Waals surface area contributed by atoms with E-state index >= 15 is 0 Å². The molecule has 0 aromatic heterocycles. The van der Waals surface area contributed by atoms with Gasteiger partial charge >= 0.3 is 0 Å². The second kappa shape index (κ2) is 7.13. The van der Waals surface area contributed by atoms with Crippen molar-refractivity contribution in [3.8, 4) is 5.75 Å². The monoisotopic (exact) mass is 415 g/mol. The van der Waals surface area contributed by atoms with Gasteiger partial charge in [-0.3, -0.25) is 4.79 Å². The summed E-state index contributed by atoms with van der Waals surface area (Å²) in [5.41, 5.74) is 2.63. The van der Waals surface area contributed by atoms with Gasteiger partial charge in [-0.05, 0) is 84.0 Å². The molecule has 0 unspecified atom stereocenters. The van der Waals surface area contributed by atoms with Crippen molar-refractivity contribution in [3.05, 3.63) is 56.1 Å². The van der Waals surface area contributed by atoms with Crippen molar-refractivity contribution in [2.75, 3.05) is 11.9 Å². The lowest BCUT2D eigenvalue weighted by Crippen LogP contribution is -2.20. The fourth-order valence-corrected chi connectivity index (χ4v) is 2.34. The van der Waals surface area contributed by atoms with Crippen molar-refractivity contribution in [1.82, 2.24) is 0 Å². The minimum atomic E-state index is -0.193. The molecule has 0 atom stereocenters. The number of ether oxygens (including phenoxy) is 1. The van der Waals surface area contributed by atoms with Crippen LogP contribution in [0.4, 0.5) is 5.69 Å². The van der Waals surface area contributed by atoms with Crippen LogP contribution in [0, 0.1) is 17.4 Å². The Balaban J connectivity index is 1.93. The number of hydrogen-bond donors (Lipinski definition) is 1. The van der Waals surface area contributed by atoms with Crippen LogP contribution in [-0.2, 0) is 4.79 Å². The molecule has 0 radical (unpaired) electrons. The number of benzene rings is 2. The van der Waals surface area contributed by atoms with Gasteiger partial charge in [-0.2, -0.15) is 0 Å². The van der Waals surface area contributed by atoms with Gasteiger partial charge in [0.2, 0.25) is 0 Å². The fourth-order valence-electron chi connectivity index (χ4n) is 1.87. The number of nitrogens with one attached hydrogen (secondary N) is 1. The summed E-state index contributed by atoms with van der Waals surface area (Å²) < 4.78 is 6.63. The van der Waals surface area contributed by atoms with Crippen LogP contribution in [0.25, 0.3) is 0 Å². The molecular formula is C16H15ClINO2. The van der Waals surface area contributed by atoms with Gasteiger partial charge in [0.25, 0.3) is 5.91 Å². The zero-order valence-corrected chi connectivity index (χ0v) is 14.7. The summed E-state index contributed by atoms with van der Waals surface area (Å²) in [7, 11) is 0. The largest absolute Gasteiger partial charge is 0.484 e. The standard InChI is InChI=1S/C16H15ClINO2/c1-10-7-14(8-11(2)16(10)17)21-9-15(20)19-13-5-3-12(18)4-6-13/h3-8H,9H2,1-2H3,(H,19,20). The zero-order chi connectivity index (χ0) is 15.4. The normalized spacial score (nSPS) is 10.3. The van der Waals surface area contributed by atoms with E-state index in [4.69, 9.17) is 16.3 Å². The molecule has 1 amide bonds. The third kappa shape index (κ3) is 4.61. The highest BCUT2D eigenvalue weighted by Gasteiger charge is 2.07. The Morgan fingerprint density at radius 3 is 2.33 bits per heavy atom. The van der Waals surface area contributed by atoms with Crippen molar-refractivity contribution < 1.29 is 9.53 Å². The number of carbonyl (C=O) groups excluding carboxylic acids is 1. The molecule has 2 aromatic rings. The van der Waals surface area contributed by atoms with Gasteiger partial charge in [-0.15, -0.1) is 0 Å². The minimum Gasteiger partial charge on any atom is -0.484 e. The summed E-state index contributed by atoms with van der Waals surface area (Å²) in [6, 6.07) is 11.2. The van der Waals surface area contributed by atoms with E-state index in [0.717, 1.165) is 25.4 Å². The molecular weight excluding hydrogens is 401 g/mol. The molecule has 1 N–H and O–H groups in total. The van der Waals surface area contributed by atoms with E-state index in [-0.39, 0.29) is 12.5 Å². The highest BCUT2D eigenvalue weighted by molar-refractivity contribution is 14.1. The van der Waals surface area contributed by atoms with Gasteiger partial charge < -0.3 is 10.1 Å². The van der Waals surface area contributed by atoms with Crippen molar-refractivity contribution in [2.45, 2.75) is 13.8 Å². The Bertz CT molecular complexity index is 633. The number of halogens is 2. The zero-order valence-electron chi connectivity index (χ0n) is 11.7. The predicted octanol–water partition coefficient (Wildman–Crippen LogP) is 4.58. The van der Waals surface area contributed by atoms with E-state index in [9.17, 15) is 4.79 Å². The van der Waals surface area contributed by atoms with E-state index in [0.29, 0.717) is 5.75 Å². The summed E-state index contributed by atoms with van der Waals surface area (Å²) in [5.74, 6) is 0.452. The second-order valence-corrected chi connectivity index (χ2v) is 6.34. The Morgan fingerprint density at radius 2 is 1.76 bits per heavy atom. The molecule has 2 rings (SSSR count). The third-order valence-corrected chi connectivity index (χ3v) is 4.22. The SMILES string of the molecule is Cc1cc(OCC(=O)Nc2ccc(I)cc2)cc(C)c1Cl. The quantitative estimate of drug-likeness (QED) is 0.743. The van der Waals surface area contributed by atoms with Crippen LogP contribution < -0.4 is 10.1 Å². The Hall–Kier alpha value is -1.27. The molecule has 0 aliphatic heterocycles. The number of aryl methyl sites for hydroxylation is 2. The summed E-state index contributed by atoms with van der Waals surface area (Å²) >= 11 is 8.31. The number of rotatable bonds is 4. The predicted molar refractivity (Wildman–Crippen MR) is 94.2 cm³/mol. The van der Waals surface area contributed by atoms with Crippen molar-refractivity contribution in [3.63, 3.8) is 0 Å². The average Bonchev–Trinajstić information content (AvgIpc) is 2.45. The first-order chi connectivity index (χ1) is 9.95. The van der Waals surface area contributed by atoms with Crippen molar-refractivity contribution >= 4 is 45.8 Å². The molecule has 5 heteroatoms. The van der Waals surface area contributed by atoms with Crippen LogP contribution in [0.2, 0.25) is 5.02 Å². The van der Waals surface area contributed by atoms with Crippen LogP contribution in [0.1, 0.15) is 11.1 Å². The van der Waals surface area contributed by atoms with Crippen molar-refractivity contribution in [2.24, 2.45) is 0 Å². The molecule has 0 fully saturated rings. The van der Waals surface area contributed by atoms with Gasteiger partial charge in [-0.1, -0.05) is 11.6 Å². The lowest BCUT2D eigenvalue weighted by atomic mass is 10.1. The van der Waals surface area contributed by atoms with Crippen LogP contribution in [0.5, 0.6) is 5.75 Å². The maximum Gasteiger partial charge on any atom is 0.262 e. The van der Waals surface area contributed by atoms with E-state index in [2.05, 4.69) is 27.9 Å². The Labute approximate surface area is 142 Å². The summed E-state index contributed by atoms with van der Waals surface area (Å²) in [6.45, 7) is 3.79. The first-order valence-electron chi connectivity index (χ1n) is 6.40. The molecule has 0 spiro atoms. The lowest BCUT2D eigenvalue weighted by molar-refractivity contribution is -0.118. The Morgan fingerprint density at radius 1 is 1.19 bits per heavy atom. The van der Waals surface area contributed by atoms with E-state index in [1.807, 2.05) is 50.2 Å². The number of amides is 1.